The highest BCUT2D eigenvalue weighted by atomic mass is 28.4. The van der Waals surface area contributed by atoms with E-state index in [0.717, 1.165) is 65.8 Å². The van der Waals surface area contributed by atoms with Gasteiger partial charge in [0, 0.05) is 6.61 Å². The molecule has 4 saturated carbocycles. The average Bonchev–Trinajstić information content (AvgIpc) is 3.71. The van der Waals surface area contributed by atoms with Gasteiger partial charge in [-0.1, -0.05) is 114 Å². The van der Waals surface area contributed by atoms with Crippen molar-refractivity contribution in [1.29, 1.82) is 0 Å². The highest BCUT2D eigenvalue weighted by Gasteiger charge is 2.60. The molecule has 0 amide bonds. The molecule has 6 rings (SSSR count). The molecule has 10 atom stereocenters. The monoisotopic (exact) mass is 528 g/mol. The number of hydrogen-bond donors (Lipinski definition) is 0. The van der Waals surface area contributed by atoms with E-state index in [-0.39, 0.29) is 0 Å². The Hall–Kier alpha value is -1.38. The molecule has 1 nitrogen and oxygen atoms in total. The van der Waals surface area contributed by atoms with Crippen molar-refractivity contribution in [2.75, 3.05) is 6.61 Å². The van der Waals surface area contributed by atoms with Crippen LogP contribution >= 0.6 is 0 Å². The zero-order valence-corrected chi connectivity index (χ0v) is 25.5. The Labute approximate surface area is 234 Å². The van der Waals surface area contributed by atoms with E-state index in [4.69, 9.17) is 4.43 Å². The first kappa shape index (κ1) is 26.8. The summed E-state index contributed by atoms with van der Waals surface area (Å²) in [6.45, 7) is 11.0. The van der Waals surface area contributed by atoms with Crippen molar-refractivity contribution in [3.63, 3.8) is 0 Å². The summed E-state index contributed by atoms with van der Waals surface area (Å²) in [4.78, 5) is 0. The fourth-order valence-electron chi connectivity index (χ4n) is 10.5. The van der Waals surface area contributed by atoms with Crippen LogP contribution in [0.1, 0.15) is 78.6 Å². The van der Waals surface area contributed by atoms with Crippen molar-refractivity contribution in [2.24, 2.45) is 59.2 Å². The Kier molecular flexibility index (Phi) is 7.93. The van der Waals surface area contributed by atoms with Crippen LogP contribution in [0, 0.1) is 59.2 Å². The third-order valence-corrected chi connectivity index (χ3v) is 16.0. The third kappa shape index (κ3) is 4.76. The summed E-state index contributed by atoms with van der Waals surface area (Å²) >= 11 is 0. The Morgan fingerprint density at radius 2 is 1.32 bits per heavy atom. The summed E-state index contributed by atoms with van der Waals surface area (Å²) < 4.78 is 7.14. The topological polar surface area (TPSA) is 9.23 Å². The van der Waals surface area contributed by atoms with E-state index in [0.29, 0.717) is 0 Å². The lowest BCUT2D eigenvalue weighted by atomic mass is 9.60. The van der Waals surface area contributed by atoms with Crippen LogP contribution in [0.4, 0.5) is 0 Å². The smallest absolute Gasteiger partial charge is 0.252 e. The molecule has 4 bridgehead atoms. The normalized spacial score (nSPS) is 37.8. The second kappa shape index (κ2) is 11.2. The first-order chi connectivity index (χ1) is 18.5. The summed E-state index contributed by atoms with van der Waals surface area (Å²) in [6, 6.07) is 22.2. The van der Waals surface area contributed by atoms with Crippen LogP contribution < -0.4 is 10.4 Å². The van der Waals surface area contributed by atoms with Gasteiger partial charge in [-0.2, -0.15) is 0 Å². The molecule has 0 radical (unpaired) electrons. The minimum absolute atomic E-state index is 0.754. The van der Waals surface area contributed by atoms with E-state index in [1.54, 1.807) is 12.8 Å². The summed E-state index contributed by atoms with van der Waals surface area (Å²) in [7, 11) is -2.21. The predicted molar refractivity (Wildman–Crippen MR) is 163 cm³/mol. The lowest BCUT2D eigenvalue weighted by Gasteiger charge is -2.45. The zero-order valence-electron chi connectivity index (χ0n) is 24.5. The molecule has 10 unspecified atom stereocenters. The molecule has 4 fully saturated rings. The molecule has 2 aromatic carbocycles. The molecule has 206 valence electrons. The van der Waals surface area contributed by atoms with Crippen molar-refractivity contribution in [2.45, 2.75) is 85.1 Å². The first-order valence-corrected chi connectivity index (χ1v) is 18.7. The number of hydrogen-bond acceptors (Lipinski definition) is 1. The van der Waals surface area contributed by atoms with Gasteiger partial charge in [0.05, 0.1) is 0 Å². The fraction of sp³-hybridized carbons (Fsp3) is 0.667. The van der Waals surface area contributed by atoms with Gasteiger partial charge in [0.1, 0.15) is 0 Å². The van der Waals surface area contributed by atoms with E-state index in [2.05, 4.69) is 88.0 Å². The second-order valence-corrected chi connectivity index (χ2v) is 17.6. The zero-order chi connectivity index (χ0) is 26.3. The Bertz CT molecular complexity index is 994. The van der Waals surface area contributed by atoms with Crippen molar-refractivity contribution in [3.05, 3.63) is 60.7 Å². The van der Waals surface area contributed by atoms with Crippen LogP contribution in [-0.2, 0) is 4.43 Å². The van der Waals surface area contributed by atoms with Crippen LogP contribution in [0.25, 0.3) is 0 Å². The average molecular weight is 529 g/mol. The van der Waals surface area contributed by atoms with Gasteiger partial charge in [-0.3, -0.25) is 0 Å². The molecule has 4 aliphatic rings. The molecule has 38 heavy (non-hydrogen) atoms. The summed E-state index contributed by atoms with van der Waals surface area (Å²) in [6.07, 6.45) is 13.3. The van der Waals surface area contributed by atoms with Crippen LogP contribution in [0.15, 0.2) is 60.7 Å². The van der Waals surface area contributed by atoms with Crippen LogP contribution in [-0.4, -0.2) is 14.9 Å². The van der Waals surface area contributed by atoms with E-state index in [1.165, 1.54) is 55.3 Å². The summed E-state index contributed by atoms with van der Waals surface area (Å²) in [5.74, 6) is 9.59. The first-order valence-electron chi connectivity index (χ1n) is 16.3. The van der Waals surface area contributed by atoms with Gasteiger partial charge in [0.2, 0.25) is 0 Å². The van der Waals surface area contributed by atoms with Gasteiger partial charge in [-0.15, -0.1) is 0 Å². The molecule has 0 heterocycles. The second-order valence-electron chi connectivity index (χ2n) is 14.1. The molecule has 0 N–H and O–H groups in total. The van der Waals surface area contributed by atoms with Crippen molar-refractivity contribution in [1.82, 2.24) is 0 Å². The molecular formula is C36H52OSi. The van der Waals surface area contributed by atoms with Gasteiger partial charge in [0.15, 0.2) is 0 Å². The predicted octanol–water partition coefficient (Wildman–Crippen LogP) is 8.18. The van der Waals surface area contributed by atoms with E-state index < -0.39 is 8.32 Å². The van der Waals surface area contributed by atoms with Crippen LogP contribution in [0.2, 0.25) is 6.55 Å². The Morgan fingerprint density at radius 3 is 1.92 bits per heavy atom. The van der Waals surface area contributed by atoms with Crippen molar-refractivity contribution < 1.29 is 4.43 Å². The lowest BCUT2D eigenvalue weighted by Crippen LogP contribution is -2.59. The van der Waals surface area contributed by atoms with E-state index in [9.17, 15) is 0 Å². The van der Waals surface area contributed by atoms with Gasteiger partial charge in [-0.05, 0) is 102 Å². The SMILES string of the molecule is CCCCCCC1CC2CC1C(C1C3CC(CO[Si](C)(c4ccccc4)c4ccccc4)C(C3)C1C)C2C. The molecule has 2 aromatic rings. The highest BCUT2D eigenvalue weighted by Crippen LogP contribution is 2.66. The number of unbranched alkanes of at least 4 members (excludes halogenated alkanes) is 3. The molecule has 4 aliphatic carbocycles. The van der Waals surface area contributed by atoms with Crippen LogP contribution in [0.5, 0.6) is 0 Å². The number of benzene rings is 2. The Morgan fingerprint density at radius 1 is 0.684 bits per heavy atom. The molecule has 0 aliphatic heterocycles. The minimum atomic E-state index is -2.21. The van der Waals surface area contributed by atoms with Gasteiger partial charge >= 0.3 is 0 Å². The Balaban J connectivity index is 1.12. The van der Waals surface area contributed by atoms with Crippen molar-refractivity contribution in [3.8, 4) is 0 Å². The molecule has 2 heteroatoms. The molecule has 0 saturated heterocycles. The number of fused-ring (bicyclic) bond motifs is 4. The summed E-state index contributed by atoms with van der Waals surface area (Å²) in [5.41, 5.74) is 0. The maximum Gasteiger partial charge on any atom is 0.252 e. The standard InChI is InChI=1S/C36H52OSi/c1-5-6-7-10-15-27-20-28-22-34(27)36(25(28)2)35-26(3)33-23-29(35)21-30(33)24-37-38(4,31-16-11-8-12-17-31)32-18-13-9-14-19-32/h8-9,11-14,16-19,25-30,33-36H,5-7,10,15,20-24H2,1-4H3. The molecule has 0 aromatic heterocycles. The van der Waals surface area contributed by atoms with Crippen LogP contribution in [0.3, 0.4) is 0 Å². The lowest BCUT2D eigenvalue weighted by molar-refractivity contribution is 0.0254. The molecular weight excluding hydrogens is 476 g/mol. The molecule has 0 spiro atoms. The van der Waals surface area contributed by atoms with E-state index >= 15 is 0 Å². The minimum Gasteiger partial charge on any atom is -0.408 e. The maximum absolute atomic E-state index is 7.14. The summed E-state index contributed by atoms with van der Waals surface area (Å²) in [5, 5.41) is 2.81. The third-order valence-electron chi connectivity index (χ3n) is 12.4. The van der Waals surface area contributed by atoms with Gasteiger partial charge in [0.25, 0.3) is 8.32 Å². The maximum atomic E-state index is 7.14. The van der Waals surface area contributed by atoms with Gasteiger partial charge < -0.3 is 4.43 Å². The van der Waals surface area contributed by atoms with E-state index in [1.807, 2.05) is 0 Å². The largest absolute Gasteiger partial charge is 0.408 e. The number of rotatable bonds is 11. The quantitative estimate of drug-likeness (QED) is 0.211. The van der Waals surface area contributed by atoms with Crippen molar-refractivity contribution >= 4 is 18.7 Å². The fourth-order valence-corrected chi connectivity index (χ4v) is 13.3. The highest BCUT2D eigenvalue weighted by molar-refractivity contribution is 6.96. The van der Waals surface area contributed by atoms with Gasteiger partial charge in [-0.25, -0.2) is 0 Å².